The van der Waals surface area contributed by atoms with E-state index in [0.717, 1.165) is 0 Å². The highest BCUT2D eigenvalue weighted by atomic mass is 32.3. The van der Waals surface area contributed by atoms with Crippen molar-refractivity contribution in [1.29, 1.82) is 0 Å². The summed E-state index contributed by atoms with van der Waals surface area (Å²) in [5.74, 6) is -0.0498. The molecule has 1 saturated heterocycles. The van der Waals surface area contributed by atoms with Crippen molar-refractivity contribution in [3.05, 3.63) is 0 Å². The van der Waals surface area contributed by atoms with E-state index in [1.54, 1.807) is 6.92 Å². The van der Waals surface area contributed by atoms with Crippen LogP contribution in [0.5, 0.6) is 0 Å². The fourth-order valence-electron chi connectivity index (χ4n) is 0.814. The molecule has 0 bridgehead atoms. The quantitative estimate of drug-likeness (QED) is 0.741. The van der Waals surface area contributed by atoms with Crippen molar-refractivity contribution >= 4 is 22.2 Å². The molecule has 0 radical (unpaired) electrons. The molecule has 2 N–H and O–H groups in total. The minimum Gasteiger partial charge on any atom is -0.308 e. The zero-order valence-electron chi connectivity index (χ0n) is 7.04. The Morgan fingerprint density at radius 3 is 2.85 bits per heavy atom. The molecule has 80 valence electrons. The minimum atomic E-state index is -2.97. The van der Waals surface area contributed by atoms with E-state index in [-0.39, 0.29) is 19.0 Å². The Balaban J connectivity index is 2.28. The zero-order valence-corrected chi connectivity index (χ0v) is 8.68. The molecule has 6 nitrogen and oxygen atoms in total. The molecular weight excluding hydrogens is 220 g/mol. The molecule has 2 unspecified atom stereocenters. The summed E-state index contributed by atoms with van der Waals surface area (Å²) < 4.78 is 42.9. The average Bonchev–Trinajstić information content (AvgIpc) is 2.30. The Bertz CT molecular complexity index is 195. The molecule has 1 rings (SSSR count). The topological polar surface area (TPSA) is 85.2 Å². The van der Waals surface area contributed by atoms with Gasteiger partial charge in [0.15, 0.2) is 0 Å². The van der Waals surface area contributed by atoms with Gasteiger partial charge in [-0.25, -0.2) is 0 Å². The SMILES string of the molecule is CCOS(=O)OC1COS(O)(O)C1. The second kappa shape index (κ2) is 4.69. The highest BCUT2D eigenvalue weighted by molar-refractivity contribution is 8.20. The first-order valence-electron chi connectivity index (χ1n) is 3.66. The molecule has 2 atom stereocenters. The summed E-state index contributed by atoms with van der Waals surface area (Å²) in [5.41, 5.74) is 0. The average molecular weight is 232 g/mol. The first-order chi connectivity index (χ1) is 6.03. The summed E-state index contributed by atoms with van der Waals surface area (Å²) in [5, 5.41) is 0. The van der Waals surface area contributed by atoms with Gasteiger partial charge in [0.2, 0.25) is 0 Å². The van der Waals surface area contributed by atoms with Crippen LogP contribution in [0.2, 0.25) is 0 Å². The van der Waals surface area contributed by atoms with Crippen LogP contribution in [-0.2, 0) is 23.9 Å². The molecule has 1 heterocycles. The third-order valence-corrected chi connectivity index (χ3v) is 3.45. The smallest absolute Gasteiger partial charge is 0.304 e. The number of hydrogen-bond donors (Lipinski definition) is 2. The summed E-state index contributed by atoms with van der Waals surface area (Å²) in [6.07, 6.45) is -0.572. The Hall–Kier alpha value is 0.300. The monoisotopic (exact) mass is 232 g/mol. The normalized spacial score (nSPS) is 31.5. The van der Waals surface area contributed by atoms with Crippen molar-refractivity contribution < 1.29 is 25.9 Å². The molecule has 1 fully saturated rings. The molecule has 0 aromatic rings. The van der Waals surface area contributed by atoms with E-state index in [9.17, 15) is 4.21 Å². The van der Waals surface area contributed by atoms with E-state index in [0.29, 0.717) is 0 Å². The second-order valence-corrected chi connectivity index (χ2v) is 5.01. The van der Waals surface area contributed by atoms with Gasteiger partial charge < -0.3 is 9.11 Å². The Morgan fingerprint density at radius 2 is 2.38 bits per heavy atom. The predicted molar refractivity (Wildman–Crippen MR) is 48.3 cm³/mol. The van der Waals surface area contributed by atoms with Gasteiger partial charge in [-0.2, -0.15) is 4.21 Å². The van der Waals surface area contributed by atoms with Crippen molar-refractivity contribution in [2.45, 2.75) is 13.0 Å². The van der Waals surface area contributed by atoms with Crippen LogP contribution in [0.3, 0.4) is 0 Å². The first kappa shape index (κ1) is 11.4. The van der Waals surface area contributed by atoms with Crippen LogP contribution >= 0.6 is 10.9 Å². The molecule has 0 spiro atoms. The highest BCUT2D eigenvalue weighted by Crippen LogP contribution is 2.46. The summed E-state index contributed by atoms with van der Waals surface area (Å²) in [6, 6.07) is 0. The van der Waals surface area contributed by atoms with Crippen LogP contribution in [0.4, 0.5) is 0 Å². The summed E-state index contributed by atoms with van der Waals surface area (Å²) in [7, 11) is -2.97. The number of hydrogen-bond acceptors (Lipinski definition) is 6. The van der Waals surface area contributed by atoms with Gasteiger partial charge in [-0.3, -0.25) is 12.5 Å². The molecular formula is C5H12O6S2. The highest BCUT2D eigenvalue weighted by Gasteiger charge is 2.34. The van der Waals surface area contributed by atoms with Crippen molar-refractivity contribution in [3.8, 4) is 0 Å². The van der Waals surface area contributed by atoms with Crippen LogP contribution in [0.1, 0.15) is 6.92 Å². The lowest BCUT2D eigenvalue weighted by Crippen LogP contribution is -2.19. The molecule has 13 heavy (non-hydrogen) atoms. The first-order valence-corrected chi connectivity index (χ1v) is 6.30. The second-order valence-electron chi connectivity index (χ2n) is 2.39. The summed E-state index contributed by atoms with van der Waals surface area (Å²) >= 11 is -1.83. The molecule has 0 aromatic carbocycles. The van der Waals surface area contributed by atoms with Crippen LogP contribution < -0.4 is 0 Å². The van der Waals surface area contributed by atoms with Gasteiger partial charge in [0.1, 0.15) is 6.10 Å². The van der Waals surface area contributed by atoms with E-state index < -0.39 is 28.3 Å². The maximum absolute atomic E-state index is 10.9. The van der Waals surface area contributed by atoms with Crippen molar-refractivity contribution in [2.24, 2.45) is 0 Å². The van der Waals surface area contributed by atoms with Gasteiger partial charge in [-0.05, 0) is 6.92 Å². The Morgan fingerprint density at radius 1 is 1.69 bits per heavy atom. The minimum absolute atomic E-state index is 0.0289. The maximum Gasteiger partial charge on any atom is 0.304 e. The van der Waals surface area contributed by atoms with E-state index >= 15 is 0 Å². The fraction of sp³-hybridized carbons (Fsp3) is 1.00. The molecule has 1 aliphatic rings. The van der Waals surface area contributed by atoms with Crippen molar-refractivity contribution in [3.63, 3.8) is 0 Å². The maximum atomic E-state index is 10.9. The molecule has 0 amide bonds. The summed E-state index contributed by atoms with van der Waals surface area (Å²) in [4.78, 5) is 0. The van der Waals surface area contributed by atoms with Crippen LogP contribution in [0.25, 0.3) is 0 Å². The summed E-state index contributed by atoms with van der Waals surface area (Å²) in [6.45, 7) is 1.98. The Labute approximate surface area is 80.6 Å². The van der Waals surface area contributed by atoms with Gasteiger partial charge >= 0.3 is 11.4 Å². The Kier molecular flexibility index (Phi) is 4.10. The number of rotatable bonds is 4. The van der Waals surface area contributed by atoms with Crippen molar-refractivity contribution in [1.82, 2.24) is 0 Å². The van der Waals surface area contributed by atoms with Gasteiger partial charge in [-0.15, -0.1) is 0 Å². The lowest BCUT2D eigenvalue weighted by molar-refractivity contribution is 0.165. The van der Waals surface area contributed by atoms with E-state index in [1.807, 2.05) is 0 Å². The van der Waals surface area contributed by atoms with Crippen LogP contribution in [-0.4, -0.2) is 38.4 Å². The zero-order chi connectivity index (χ0) is 9.90. The van der Waals surface area contributed by atoms with Gasteiger partial charge in [-0.1, -0.05) is 0 Å². The van der Waals surface area contributed by atoms with E-state index in [1.165, 1.54) is 0 Å². The van der Waals surface area contributed by atoms with Crippen LogP contribution in [0.15, 0.2) is 0 Å². The van der Waals surface area contributed by atoms with Crippen LogP contribution in [0, 0.1) is 0 Å². The van der Waals surface area contributed by atoms with Gasteiger partial charge in [0.05, 0.1) is 29.8 Å². The van der Waals surface area contributed by atoms with E-state index in [2.05, 4.69) is 8.37 Å². The molecule has 0 aromatic heterocycles. The van der Waals surface area contributed by atoms with Gasteiger partial charge in [0, 0.05) is 0 Å². The lowest BCUT2D eigenvalue weighted by Gasteiger charge is -2.17. The predicted octanol–water partition coefficient (Wildman–Crippen LogP) is 0.683. The third-order valence-electron chi connectivity index (χ3n) is 1.27. The molecule has 0 saturated carbocycles. The third kappa shape index (κ3) is 3.90. The van der Waals surface area contributed by atoms with Crippen molar-refractivity contribution in [2.75, 3.05) is 19.0 Å². The molecule has 8 heteroatoms. The van der Waals surface area contributed by atoms with E-state index in [4.69, 9.17) is 13.3 Å². The fourth-order valence-corrected chi connectivity index (χ4v) is 2.61. The lowest BCUT2D eigenvalue weighted by atomic mass is 10.5. The molecule has 1 aliphatic heterocycles. The molecule has 0 aliphatic carbocycles. The largest absolute Gasteiger partial charge is 0.308 e. The van der Waals surface area contributed by atoms with Gasteiger partial charge in [0.25, 0.3) is 0 Å². The standard InChI is InChI=1S/C5H12O6S2/c1-2-9-12(6)11-5-3-10-13(7,8)4-5/h5,7-8H,2-4H2,1H3.